The number of nitrogens with zero attached hydrogens (tertiary/aromatic N) is 3. The molecule has 1 aliphatic heterocycles. The van der Waals surface area contributed by atoms with Gasteiger partial charge < -0.3 is 14.6 Å². The van der Waals surface area contributed by atoms with Gasteiger partial charge in [0.05, 0.1) is 23.3 Å². The summed E-state index contributed by atoms with van der Waals surface area (Å²) >= 11 is 0. The minimum absolute atomic E-state index is 0.0653. The lowest BCUT2D eigenvalue weighted by molar-refractivity contribution is 0.0962. The van der Waals surface area contributed by atoms with Crippen LogP contribution in [0.25, 0.3) is 11.2 Å². The van der Waals surface area contributed by atoms with Gasteiger partial charge in [-0.25, -0.2) is 9.97 Å². The molecule has 128 valence electrons. The van der Waals surface area contributed by atoms with Crippen molar-refractivity contribution in [2.75, 3.05) is 11.4 Å². The average Bonchev–Trinajstić information content (AvgIpc) is 3.04. The largest absolute Gasteiger partial charge is 0.487 e. The Morgan fingerprint density at radius 2 is 2.24 bits per heavy atom. The molecule has 1 amide bonds. The zero-order valence-electron chi connectivity index (χ0n) is 14.5. The Balaban J connectivity index is 1.82. The van der Waals surface area contributed by atoms with E-state index in [0.717, 1.165) is 29.2 Å². The van der Waals surface area contributed by atoms with E-state index in [4.69, 9.17) is 4.74 Å². The van der Waals surface area contributed by atoms with Crippen molar-refractivity contribution in [1.29, 1.82) is 0 Å². The van der Waals surface area contributed by atoms with Crippen molar-refractivity contribution in [3.63, 3.8) is 0 Å². The molecule has 0 radical (unpaired) electrons. The second-order valence-corrected chi connectivity index (χ2v) is 6.41. The Morgan fingerprint density at radius 1 is 1.40 bits per heavy atom. The predicted molar refractivity (Wildman–Crippen MR) is 96.2 cm³/mol. The van der Waals surface area contributed by atoms with Crippen molar-refractivity contribution in [2.45, 2.75) is 33.3 Å². The molecule has 0 bridgehead atoms. The van der Waals surface area contributed by atoms with Crippen LogP contribution in [-0.2, 0) is 6.42 Å². The molecule has 25 heavy (non-hydrogen) atoms. The second kappa shape index (κ2) is 5.88. The minimum atomic E-state index is -0.0688. The Bertz CT molecular complexity index is 963. The zero-order valence-corrected chi connectivity index (χ0v) is 14.5. The molecular weight excluding hydrogens is 316 g/mol. The molecule has 1 unspecified atom stereocenters. The number of imidazole rings is 1. The molecule has 6 nitrogen and oxygen atoms in total. The second-order valence-electron chi connectivity index (χ2n) is 6.41. The van der Waals surface area contributed by atoms with E-state index in [-0.39, 0.29) is 12.0 Å². The third kappa shape index (κ3) is 2.63. The van der Waals surface area contributed by atoms with Crippen molar-refractivity contribution in [1.82, 2.24) is 15.0 Å². The van der Waals surface area contributed by atoms with Gasteiger partial charge in [0.15, 0.2) is 5.65 Å². The Labute approximate surface area is 145 Å². The van der Waals surface area contributed by atoms with Crippen LogP contribution in [0.5, 0.6) is 5.75 Å². The summed E-state index contributed by atoms with van der Waals surface area (Å²) < 4.78 is 5.89. The van der Waals surface area contributed by atoms with E-state index in [9.17, 15) is 4.79 Å². The van der Waals surface area contributed by atoms with E-state index in [1.807, 2.05) is 39.0 Å². The van der Waals surface area contributed by atoms with Crippen LogP contribution in [0.15, 0.2) is 30.5 Å². The summed E-state index contributed by atoms with van der Waals surface area (Å²) in [4.78, 5) is 27.0. The SMILES string of the molecule is CCc1nc2nccc(C(=O)N3CC(C)Oc4ccc(C)cc43)c2[nH]1. The number of aromatic nitrogens is 3. The molecule has 0 saturated heterocycles. The fourth-order valence-corrected chi connectivity index (χ4v) is 3.19. The minimum Gasteiger partial charge on any atom is -0.487 e. The number of H-pyrrole nitrogens is 1. The van der Waals surface area contributed by atoms with Gasteiger partial charge >= 0.3 is 0 Å². The molecule has 4 rings (SSSR count). The average molecular weight is 336 g/mol. The van der Waals surface area contributed by atoms with E-state index in [1.165, 1.54) is 0 Å². The van der Waals surface area contributed by atoms with Crippen LogP contribution < -0.4 is 9.64 Å². The quantitative estimate of drug-likeness (QED) is 0.780. The monoisotopic (exact) mass is 336 g/mol. The highest BCUT2D eigenvalue weighted by Gasteiger charge is 2.29. The number of pyridine rings is 1. The summed E-state index contributed by atoms with van der Waals surface area (Å²) in [7, 11) is 0. The third-order valence-corrected chi connectivity index (χ3v) is 4.42. The number of nitrogens with one attached hydrogen (secondary N) is 1. The first-order chi connectivity index (χ1) is 12.1. The van der Waals surface area contributed by atoms with E-state index in [0.29, 0.717) is 23.3 Å². The number of benzene rings is 1. The number of hydrogen-bond acceptors (Lipinski definition) is 4. The number of carbonyl (C=O) groups excluding carboxylic acids is 1. The van der Waals surface area contributed by atoms with Gasteiger partial charge in [-0.05, 0) is 37.6 Å². The molecule has 0 fully saturated rings. The molecule has 3 heterocycles. The molecule has 3 aromatic rings. The maximum absolute atomic E-state index is 13.3. The summed E-state index contributed by atoms with van der Waals surface area (Å²) in [5.74, 6) is 1.50. The van der Waals surface area contributed by atoms with Crippen LogP contribution in [0, 0.1) is 6.92 Å². The first-order valence-corrected chi connectivity index (χ1v) is 8.49. The van der Waals surface area contributed by atoms with Crippen molar-refractivity contribution in [3.05, 3.63) is 47.4 Å². The number of rotatable bonds is 2. The molecule has 1 aliphatic rings. The third-order valence-electron chi connectivity index (χ3n) is 4.42. The lowest BCUT2D eigenvalue weighted by Crippen LogP contribution is -2.42. The highest BCUT2D eigenvalue weighted by Crippen LogP contribution is 2.35. The van der Waals surface area contributed by atoms with Crippen LogP contribution >= 0.6 is 0 Å². The van der Waals surface area contributed by atoms with Gasteiger partial charge in [0.1, 0.15) is 17.7 Å². The van der Waals surface area contributed by atoms with Crippen LogP contribution in [0.3, 0.4) is 0 Å². The van der Waals surface area contributed by atoms with Crippen molar-refractivity contribution in [2.24, 2.45) is 0 Å². The zero-order chi connectivity index (χ0) is 17.6. The fraction of sp³-hybridized carbons (Fsp3) is 0.316. The van der Waals surface area contributed by atoms with E-state index in [1.54, 1.807) is 17.2 Å². The maximum Gasteiger partial charge on any atom is 0.260 e. The summed E-state index contributed by atoms with van der Waals surface area (Å²) in [5.41, 5.74) is 3.75. The van der Waals surface area contributed by atoms with E-state index >= 15 is 0 Å². The lowest BCUT2D eigenvalue weighted by atomic mass is 10.1. The fourth-order valence-electron chi connectivity index (χ4n) is 3.19. The van der Waals surface area contributed by atoms with Crippen LogP contribution in [0.2, 0.25) is 0 Å². The standard InChI is InChI=1S/C19H20N4O2/c1-4-16-21-17-13(7-8-20-18(17)22-16)19(24)23-10-12(3)25-15-6-5-11(2)9-14(15)23/h5-9,12H,4,10H2,1-3H3,(H,20,21,22). The lowest BCUT2D eigenvalue weighted by Gasteiger charge is -2.33. The number of aromatic amines is 1. The number of amides is 1. The van der Waals surface area contributed by atoms with Gasteiger partial charge in [-0.2, -0.15) is 0 Å². The van der Waals surface area contributed by atoms with Crippen LogP contribution in [0.4, 0.5) is 5.69 Å². The predicted octanol–water partition coefficient (Wildman–Crippen LogP) is 3.26. The normalized spacial score (nSPS) is 16.6. The number of carbonyl (C=O) groups is 1. The molecular formula is C19H20N4O2. The smallest absolute Gasteiger partial charge is 0.260 e. The first kappa shape index (κ1) is 15.6. The van der Waals surface area contributed by atoms with Crippen molar-refractivity contribution in [3.8, 4) is 5.75 Å². The molecule has 1 aromatic carbocycles. The van der Waals surface area contributed by atoms with Crippen LogP contribution in [-0.4, -0.2) is 33.5 Å². The Hall–Kier alpha value is -2.89. The van der Waals surface area contributed by atoms with Gasteiger partial charge in [-0.15, -0.1) is 0 Å². The van der Waals surface area contributed by atoms with Crippen LogP contribution in [0.1, 0.15) is 35.6 Å². The van der Waals surface area contributed by atoms with Gasteiger partial charge in [-0.3, -0.25) is 4.79 Å². The molecule has 0 aliphatic carbocycles. The number of fused-ring (bicyclic) bond motifs is 2. The van der Waals surface area contributed by atoms with Gasteiger partial charge in [0.2, 0.25) is 0 Å². The van der Waals surface area contributed by atoms with E-state index < -0.39 is 0 Å². The van der Waals surface area contributed by atoms with Gasteiger partial charge in [0, 0.05) is 12.6 Å². The molecule has 6 heteroatoms. The molecule has 1 atom stereocenters. The Morgan fingerprint density at radius 3 is 3.04 bits per heavy atom. The van der Waals surface area contributed by atoms with E-state index in [2.05, 4.69) is 15.0 Å². The summed E-state index contributed by atoms with van der Waals surface area (Å²) in [5, 5.41) is 0. The van der Waals surface area contributed by atoms with Crippen molar-refractivity contribution < 1.29 is 9.53 Å². The number of hydrogen-bond donors (Lipinski definition) is 1. The molecule has 2 aromatic heterocycles. The van der Waals surface area contributed by atoms with Gasteiger partial charge in [0.25, 0.3) is 5.91 Å². The summed E-state index contributed by atoms with van der Waals surface area (Å²) in [6, 6.07) is 7.65. The highest BCUT2D eigenvalue weighted by molar-refractivity contribution is 6.13. The number of aryl methyl sites for hydroxylation is 2. The number of ether oxygens (including phenoxy) is 1. The first-order valence-electron chi connectivity index (χ1n) is 8.49. The Kier molecular flexibility index (Phi) is 3.67. The molecule has 0 spiro atoms. The van der Waals surface area contributed by atoms with Gasteiger partial charge in [-0.1, -0.05) is 13.0 Å². The number of anilines is 1. The maximum atomic E-state index is 13.3. The summed E-state index contributed by atoms with van der Waals surface area (Å²) in [6.07, 6.45) is 2.33. The topological polar surface area (TPSA) is 71.1 Å². The molecule has 0 saturated carbocycles. The van der Waals surface area contributed by atoms with Crippen molar-refractivity contribution >= 4 is 22.8 Å². The molecule has 1 N–H and O–H groups in total. The highest BCUT2D eigenvalue weighted by atomic mass is 16.5. The summed E-state index contributed by atoms with van der Waals surface area (Å²) in [6.45, 7) is 6.50.